The van der Waals surface area contributed by atoms with Gasteiger partial charge in [0, 0.05) is 23.5 Å². The van der Waals surface area contributed by atoms with Crippen LogP contribution in [0, 0.1) is 0 Å². The minimum absolute atomic E-state index is 0.0423. The summed E-state index contributed by atoms with van der Waals surface area (Å²) in [4.78, 5) is 15.2. The molecule has 3 N–H and O–H groups in total. The molecular formula is C15H12N4O2. The maximum Gasteiger partial charge on any atom is 0.287 e. The van der Waals surface area contributed by atoms with Crippen molar-refractivity contribution in [2.75, 3.05) is 5.32 Å². The molecule has 0 spiro atoms. The Balaban J connectivity index is 1.78. The highest BCUT2D eigenvalue weighted by atomic mass is 16.5. The first-order valence-corrected chi connectivity index (χ1v) is 6.27. The molecule has 21 heavy (non-hydrogen) atoms. The van der Waals surface area contributed by atoms with Crippen molar-refractivity contribution in [2.24, 2.45) is 5.73 Å². The Hall–Kier alpha value is -3.15. The average Bonchev–Trinajstić information content (AvgIpc) is 2.99. The third kappa shape index (κ3) is 2.89. The number of nitrogens with zero attached hydrogens (tertiary/aromatic N) is 2. The normalized spacial score (nSPS) is 10.3. The molecule has 104 valence electrons. The van der Waals surface area contributed by atoms with E-state index in [1.165, 1.54) is 6.07 Å². The molecule has 0 unspecified atom stereocenters. The number of pyridine rings is 1. The second-order valence-corrected chi connectivity index (χ2v) is 4.36. The molecule has 3 aromatic rings. The minimum Gasteiger partial charge on any atom is -0.363 e. The summed E-state index contributed by atoms with van der Waals surface area (Å²) in [5.41, 5.74) is 7.42. The maximum atomic E-state index is 11.0. The number of benzene rings is 1. The summed E-state index contributed by atoms with van der Waals surface area (Å²) < 4.78 is 4.86. The van der Waals surface area contributed by atoms with Crippen molar-refractivity contribution in [2.45, 2.75) is 0 Å². The maximum absolute atomic E-state index is 11.0. The Bertz CT molecular complexity index is 751. The summed E-state index contributed by atoms with van der Waals surface area (Å²) in [5, 5.41) is 6.99. The third-order valence-electron chi connectivity index (χ3n) is 2.87. The van der Waals surface area contributed by atoms with E-state index in [1.807, 2.05) is 42.5 Å². The highest BCUT2D eigenvalue weighted by Crippen LogP contribution is 2.22. The van der Waals surface area contributed by atoms with E-state index in [0.717, 1.165) is 17.1 Å². The Morgan fingerprint density at radius 3 is 2.57 bits per heavy atom. The molecule has 0 radical (unpaired) electrons. The van der Waals surface area contributed by atoms with Crippen molar-refractivity contribution in [3.8, 4) is 11.3 Å². The van der Waals surface area contributed by atoms with E-state index in [-0.39, 0.29) is 5.76 Å². The lowest BCUT2D eigenvalue weighted by Gasteiger charge is -2.05. The summed E-state index contributed by atoms with van der Waals surface area (Å²) in [6.45, 7) is 0. The first kappa shape index (κ1) is 12.9. The fourth-order valence-electron chi connectivity index (χ4n) is 1.84. The number of hydrogen-bond donors (Lipinski definition) is 2. The Kier molecular flexibility index (Phi) is 3.34. The van der Waals surface area contributed by atoms with Crippen molar-refractivity contribution >= 4 is 17.4 Å². The van der Waals surface area contributed by atoms with Gasteiger partial charge in [-0.25, -0.2) is 4.98 Å². The smallest absolute Gasteiger partial charge is 0.287 e. The third-order valence-corrected chi connectivity index (χ3v) is 2.87. The van der Waals surface area contributed by atoms with Crippen molar-refractivity contribution in [1.29, 1.82) is 0 Å². The van der Waals surface area contributed by atoms with Crippen LogP contribution in [0.1, 0.15) is 10.6 Å². The molecule has 6 nitrogen and oxygen atoms in total. The number of amides is 1. The number of nitrogens with one attached hydrogen (secondary N) is 1. The lowest BCUT2D eigenvalue weighted by molar-refractivity contribution is 0.0965. The number of anilines is 2. The molecule has 0 saturated carbocycles. The number of primary amides is 1. The highest BCUT2D eigenvalue weighted by molar-refractivity contribution is 5.90. The first-order chi connectivity index (χ1) is 10.2. The van der Waals surface area contributed by atoms with Crippen molar-refractivity contribution < 1.29 is 9.32 Å². The van der Waals surface area contributed by atoms with Gasteiger partial charge in [-0.15, -0.1) is 0 Å². The zero-order chi connectivity index (χ0) is 14.7. The van der Waals surface area contributed by atoms with Gasteiger partial charge in [-0.05, 0) is 24.3 Å². The molecule has 3 rings (SSSR count). The molecular weight excluding hydrogens is 268 g/mol. The molecule has 0 atom stereocenters. The minimum atomic E-state index is -0.637. The zero-order valence-electron chi connectivity index (χ0n) is 11.0. The van der Waals surface area contributed by atoms with Crippen LogP contribution in [-0.2, 0) is 0 Å². The fourth-order valence-corrected chi connectivity index (χ4v) is 1.84. The van der Waals surface area contributed by atoms with Crippen LogP contribution in [0.3, 0.4) is 0 Å². The van der Waals surface area contributed by atoms with E-state index in [9.17, 15) is 4.79 Å². The van der Waals surface area contributed by atoms with Crippen LogP contribution in [0.2, 0.25) is 0 Å². The van der Waals surface area contributed by atoms with Gasteiger partial charge in [-0.2, -0.15) is 0 Å². The largest absolute Gasteiger partial charge is 0.363 e. The summed E-state index contributed by atoms with van der Waals surface area (Å²) in [5.74, 6) is 0.172. The molecule has 1 aromatic carbocycles. The van der Waals surface area contributed by atoms with Gasteiger partial charge in [0.05, 0.1) is 0 Å². The second kappa shape index (κ2) is 5.46. The highest BCUT2D eigenvalue weighted by Gasteiger charge is 2.10. The first-order valence-electron chi connectivity index (χ1n) is 6.27. The average molecular weight is 280 g/mol. The molecule has 0 aliphatic heterocycles. The van der Waals surface area contributed by atoms with E-state index in [2.05, 4.69) is 15.5 Å². The summed E-state index contributed by atoms with van der Waals surface area (Å²) in [7, 11) is 0. The molecule has 0 fully saturated rings. The summed E-state index contributed by atoms with van der Waals surface area (Å²) in [6, 6.07) is 14.7. The number of hydrogen-bond acceptors (Lipinski definition) is 5. The SMILES string of the molecule is NC(=O)c1cc(-c2ccc(Nc3ccccn3)cc2)no1. The summed E-state index contributed by atoms with van der Waals surface area (Å²) in [6.07, 6.45) is 1.72. The van der Waals surface area contributed by atoms with Gasteiger partial charge in [-0.3, -0.25) is 4.79 Å². The molecule has 6 heteroatoms. The monoisotopic (exact) mass is 280 g/mol. The number of carbonyl (C=O) groups is 1. The molecule has 0 bridgehead atoms. The fraction of sp³-hybridized carbons (Fsp3) is 0. The van der Waals surface area contributed by atoms with E-state index in [1.54, 1.807) is 6.20 Å². The van der Waals surface area contributed by atoms with Gasteiger partial charge in [0.15, 0.2) is 0 Å². The molecule has 2 aromatic heterocycles. The lowest BCUT2D eigenvalue weighted by atomic mass is 10.1. The van der Waals surface area contributed by atoms with Crippen molar-refractivity contribution in [3.05, 3.63) is 60.5 Å². The standard InChI is InChI=1S/C15H12N4O2/c16-15(20)13-9-12(19-21-13)10-4-6-11(7-5-10)18-14-3-1-2-8-17-14/h1-9H,(H2,16,20)(H,17,18). The van der Waals surface area contributed by atoms with Crippen LogP contribution in [0.5, 0.6) is 0 Å². The number of aromatic nitrogens is 2. The van der Waals surface area contributed by atoms with E-state index < -0.39 is 5.91 Å². The number of carbonyl (C=O) groups excluding carboxylic acids is 1. The van der Waals surface area contributed by atoms with E-state index >= 15 is 0 Å². The Labute approximate surface area is 120 Å². The Morgan fingerprint density at radius 1 is 1.14 bits per heavy atom. The molecule has 1 amide bonds. The van der Waals surface area contributed by atoms with Crippen molar-refractivity contribution in [1.82, 2.24) is 10.1 Å². The van der Waals surface area contributed by atoms with Gasteiger partial charge in [-0.1, -0.05) is 23.4 Å². The molecule has 0 aliphatic carbocycles. The van der Waals surface area contributed by atoms with Crippen molar-refractivity contribution in [3.63, 3.8) is 0 Å². The number of nitrogens with two attached hydrogens (primary N) is 1. The van der Waals surface area contributed by atoms with Gasteiger partial charge < -0.3 is 15.6 Å². The van der Waals surface area contributed by atoms with Gasteiger partial charge in [0.1, 0.15) is 11.5 Å². The zero-order valence-corrected chi connectivity index (χ0v) is 11.0. The van der Waals surface area contributed by atoms with Gasteiger partial charge in [0.2, 0.25) is 5.76 Å². The lowest BCUT2D eigenvalue weighted by Crippen LogP contribution is -2.09. The van der Waals surface area contributed by atoms with E-state index in [0.29, 0.717) is 5.69 Å². The van der Waals surface area contributed by atoms with Gasteiger partial charge in [0.25, 0.3) is 5.91 Å². The van der Waals surface area contributed by atoms with Crippen LogP contribution < -0.4 is 11.1 Å². The topological polar surface area (TPSA) is 94.0 Å². The van der Waals surface area contributed by atoms with E-state index in [4.69, 9.17) is 10.3 Å². The van der Waals surface area contributed by atoms with Crippen LogP contribution in [-0.4, -0.2) is 16.0 Å². The van der Waals surface area contributed by atoms with Gasteiger partial charge >= 0.3 is 0 Å². The molecule has 0 aliphatic rings. The van der Waals surface area contributed by atoms with Crippen LogP contribution >= 0.6 is 0 Å². The predicted molar refractivity (Wildman–Crippen MR) is 78.0 cm³/mol. The number of rotatable bonds is 4. The molecule has 2 heterocycles. The predicted octanol–water partition coefficient (Wildman–Crippen LogP) is 2.58. The second-order valence-electron chi connectivity index (χ2n) is 4.36. The quantitative estimate of drug-likeness (QED) is 0.766. The van der Waals surface area contributed by atoms with Crippen LogP contribution in [0.15, 0.2) is 59.3 Å². The summed E-state index contributed by atoms with van der Waals surface area (Å²) >= 11 is 0. The Morgan fingerprint density at radius 2 is 1.95 bits per heavy atom. The molecule has 0 saturated heterocycles. The van der Waals surface area contributed by atoms with Crippen LogP contribution in [0.4, 0.5) is 11.5 Å². The van der Waals surface area contributed by atoms with Crippen LogP contribution in [0.25, 0.3) is 11.3 Å².